The Kier molecular flexibility index (Phi) is 5.18. The molecule has 1 aromatic rings. The first-order chi connectivity index (χ1) is 10.8. The molecule has 5 nitrogen and oxygen atoms in total. The number of piperidine rings is 1. The van der Waals surface area contributed by atoms with Crippen molar-refractivity contribution in [3.05, 3.63) is 29.8 Å². The molecule has 7 heteroatoms. The maximum absolute atomic E-state index is 13.2. The zero-order valence-electron chi connectivity index (χ0n) is 13.0. The van der Waals surface area contributed by atoms with E-state index >= 15 is 0 Å². The molecule has 1 aliphatic heterocycles. The highest BCUT2D eigenvalue weighted by atomic mass is 19.2. The Balaban J connectivity index is 2.03. The van der Waals surface area contributed by atoms with Crippen LogP contribution in [0.5, 0.6) is 5.75 Å². The van der Waals surface area contributed by atoms with Crippen molar-refractivity contribution in [3.8, 4) is 5.75 Å². The number of halogens is 2. The lowest BCUT2D eigenvalue weighted by molar-refractivity contribution is -0.149. The van der Waals surface area contributed by atoms with Gasteiger partial charge in [0.1, 0.15) is 5.75 Å². The summed E-state index contributed by atoms with van der Waals surface area (Å²) in [6.07, 6.45) is -0.392. The molecule has 0 spiro atoms. The quantitative estimate of drug-likeness (QED) is 0.921. The Hall–Kier alpha value is -2.18. The second kappa shape index (κ2) is 6.93. The average molecular weight is 327 g/mol. The van der Waals surface area contributed by atoms with Crippen LogP contribution < -0.4 is 4.74 Å². The third-order valence-corrected chi connectivity index (χ3v) is 3.87. The van der Waals surface area contributed by atoms with Crippen LogP contribution in [0.25, 0.3) is 0 Å². The summed E-state index contributed by atoms with van der Waals surface area (Å²) in [4.78, 5) is 25.0. The van der Waals surface area contributed by atoms with Crippen LogP contribution in [0, 0.1) is 23.5 Å². The summed E-state index contributed by atoms with van der Waals surface area (Å²) in [7, 11) is 0. The third-order valence-electron chi connectivity index (χ3n) is 3.87. The first-order valence-electron chi connectivity index (χ1n) is 7.41. The molecule has 0 aliphatic carbocycles. The fraction of sp³-hybridized carbons (Fsp3) is 0.500. The van der Waals surface area contributed by atoms with E-state index in [0.717, 1.165) is 12.1 Å². The van der Waals surface area contributed by atoms with Crippen LogP contribution >= 0.6 is 0 Å². The van der Waals surface area contributed by atoms with E-state index in [4.69, 9.17) is 9.84 Å². The molecule has 3 unspecified atom stereocenters. The zero-order valence-corrected chi connectivity index (χ0v) is 13.0. The van der Waals surface area contributed by atoms with Gasteiger partial charge in [0.25, 0.3) is 5.91 Å². The molecule has 126 valence electrons. The lowest BCUT2D eigenvalue weighted by atomic mass is 9.90. The van der Waals surface area contributed by atoms with Gasteiger partial charge in [-0.3, -0.25) is 9.59 Å². The Morgan fingerprint density at radius 1 is 1.30 bits per heavy atom. The van der Waals surface area contributed by atoms with Gasteiger partial charge in [-0.25, -0.2) is 8.78 Å². The largest absolute Gasteiger partial charge is 0.481 e. The van der Waals surface area contributed by atoms with Gasteiger partial charge in [-0.1, -0.05) is 6.92 Å². The lowest BCUT2D eigenvalue weighted by Crippen LogP contribution is -2.49. The van der Waals surface area contributed by atoms with E-state index in [1.165, 1.54) is 17.9 Å². The molecule has 1 aromatic carbocycles. The number of amides is 1. The Bertz CT molecular complexity index is 608. The number of ether oxygens (including phenoxy) is 1. The summed E-state index contributed by atoms with van der Waals surface area (Å²) < 4.78 is 31.4. The SMILES string of the molecule is CC1CC(C(=O)O)CN(C(=O)C(C)Oc2ccc(F)c(F)c2)C1. The number of likely N-dealkylation sites (tertiary alicyclic amines) is 1. The lowest BCUT2D eigenvalue weighted by Gasteiger charge is -2.36. The number of hydrogen-bond acceptors (Lipinski definition) is 3. The van der Waals surface area contributed by atoms with Crippen LogP contribution in [-0.2, 0) is 9.59 Å². The summed E-state index contributed by atoms with van der Waals surface area (Å²) in [6, 6.07) is 3.03. The van der Waals surface area contributed by atoms with Gasteiger partial charge in [-0.15, -0.1) is 0 Å². The van der Waals surface area contributed by atoms with Crippen LogP contribution in [0.3, 0.4) is 0 Å². The van der Waals surface area contributed by atoms with E-state index in [0.29, 0.717) is 13.0 Å². The normalized spacial score (nSPS) is 22.5. The third kappa shape index (κ3) is 4.18. The molecular formula is C16H19F2NO4. The summed E-state index contributed by atoms with van der Waals surface area (Å²) in [5, 5.41) is 9.14. The average Bonchev–Trinajstić information content (AvgIpc) is 2.49. The van der Waals surface area contributed by atoms with Gasteiger partial charge in [0.2, 0.25) is 0 Å². The van der Waals surface area contributed by atoms with Crippen molar-refractivity contribution in [1.82, 2.24) is 4.90 Å². The predicted molar refractivity (Wildman–Crippen MR) is 77.9 cm³/mol. The van der Waals surface area contributed by atoms with Crippen LogP contribution in [0.4, 0.5) is 8.78 Å². The van der Waals surface area contributed by atoms with Crippen molar-refractivity contribution in [3.63, 3.8) is 0 Å². The van der Waals surface area contributed by atoms with Gasteiger partial charge in [-0.2, -0.15) is 0 Å². The number of benzene rings is 1. The summed E-state index contributed by atoms with van der Waals surface area (Å²) >= 11 is 0. The van der Waals surface area contributed by atoms with Crippen molar-refractivity contribution in [1.29, 1.82) is 0 Å². The first-order valence-corrected chi connectivity index (χ1v) is 7.41. The van der Waals surface area contributed by atoms with Crippen LogP contribution in [0.15, 0.2) is 18.2 Å². The van der Waals surface area contributed by atoms with Crippen LogP contribution in [0.1, 0.15) is 20.3 Å². The molecule has 1 amide bonds. The number of nitrogens with zero attached hydrogens (tertiary/aromatic N) is 1. The molecule has 0 bridgehead atoms. The minimum atomic E-state index is -1.06. The molecule has 1 heterocycles. The van der Waals surface area contributed by atoms with E-state index in [9.17, 15) is 18.4 Å². The standard InChI is InChI=1S/C16H19F2NO4/c1-9-5-11(16(21)22)8-19(7-9)15(20)10(2)23-12-3-4-13(17)14(18)6-12/h3-4,6,9-11H,5,7-8H2,1-2H3,(H,21,22). The molecule has 1 fully saturated rings. The van der Waals surface area contributed by atoms with Crippen molar-refractivity contribution in [2.45, 2.75) is 26.4 Å². The van der Waals surface area contributed by atoms with Gasteiger partial charge in [0.05, 0.1) is 5.92 Å². The van der Waals surface area contributed by atoms with Gasteiger partial charge in [0.15, 0.2) is 17.7 Å². The van der Waals surface area contributed by atoms with Crippen molar-refractivity contribution in [2.75, 3.05) is 13.1 Å². The number of carbonyl (C=O) groups is 2. The second-order valence-electron chi connectivity index (χ2n) is 5.96. The number of rotatable bonds is 4. The summed E-state index contributed by atoms with van der Waals surface area (Å²) in [5.41, 5.74) is 0. The topological polar surface area (TPSA) is 66.8 Å². The predicted octanol–water partition coefficient (Wildman–Crippen LogP) is 2.30. The van der Waals surface area contributed by atoms with E-state index in [1.54, 1.807) is 0 Å². The van der Waals surface area contributed by atoms with Gasteiger partial charge >= 0.3 is 5.97 Å². The van der Waals surface area contributed by atoms with E-state index in [-0.39, 0.29) is 24.1 Å². The Morgan fingerprint density at radius 3 is 2.61 bits per heavy atom. The smallest absolute Gasteiger partial charge is 0.308 e. The highest BCUT2D eigenvalue weighted by Gasteiger charge is 2.34. The van der Waals surface area contributed by atoms with Crippen LogP contribution in [0.2, 0.25) is 0 Å². The molecule has 2 rings (SSSR count). The molecule has 0 radical (unpaired) electrons. The molecule has 1 aliphatic rings. The van der Waals surface area contributed by atoms with Gasteiger partial charge in [0, 0.05) is 19.2 Å². The van der Waals surface area contributed by atoms with Crippen molar-refractivity contribution >= 4 is 11.9 Å². The van der Waals surface area contributed by atoms with E-state index in [2.05, 4.69) is 0 Å². The fourth-order valence-corrected chi connectivity index (χ4v) is 2.77. The number of carboxylic acids is 1. The summed E-state index contributed by atoms with van der Waals surface area (Å²) in [6.45, 7) is 3.97. The Labute approximate surface area is 132 Å². The molecule has 0 saturated carbocycles. The monoisotopic (exact) mass is 327 g/mol. The highest BCUT2D eigenvalue weighted by molar-refractivity contribution is 5.82. The number of aliphatic carboxylic acids is 1. The van der Waals surface area contributed by atoms with Gasteiger partial charge < -0.3 is 14.7 Å². The minimum absolute atomic E-state index is 0.0459. The van der Waals surface area contributed by atoms with Crippen molar-refractivity contribution in [2.24, 2.45) is 11.8 Å². The maximum atomic E-state index is 13.2. The molecule has 1 N–H and O–H groups in total. The highest BCUT2D eigenvalue weighted by Crippen LogP contribution is 2.23. The maximum Gasteiger partial charge on any atom is 0.308 e. The van der Waals surface area contributed by atoms with E-state index in [1.807, 2.05) is 6.92 Å². The van der Waals surface area contributed by atoms with Gasteiger partial charge in [-0.05, 0) is 31.4 Å². The molecular weight excluding hydrogens is 308 g/mol. The number of carboxylic acid groups (broad SMARTS) is 1. The van der Waals surface area contributed by atoms with Crippen LogP contribution in [-0.4, -0.2) is 41.1 Å². The number of carbonyl (C=O) groups excluding carboxylic acids is 1. The summed E-state index contributed by atoms with van der Waals surface area (Å²) in [5.74, 6) is -3.83. The first kappa shape index (κ1) is 17.2. The minimum Gasteiger partial charge on any atom is -0.481 e. The Morgan fingerprint density at radius 2 is 2.00 bits per heavy atom. The number of hydrogen-bond donors (Lipinski definition) is 1. The van der Waals surface area contributed by atoms with Crippen molar-refractivity contribution < 1.29 is 28.2 Å². The molecule has 3 atom stereocenters. The molecule has 0 aromatic heterocycles. The molecule has 1 saturated heterocycles. The zero-order chi connectivity index (χ0) is 17.1. The second-order valence-corrected chi connectivity index (χ2v) is 5.96. The fourth-order valence-electron chi connectivity index (χ4n) is 2.77. The molecule has 23 heavy (non-hydrogen) atoms. The van der Waals surface area contributed by atoms with E-state index < -0.39 is 29.6 Å².